The van der Waals surface area contributed by atoms with Gasteiger partial charge in [-0.25, -0.2) is 9.37 Å². The SMILES string of the molecule is COCC(CNc1nccc(CNCC(C)C)c1F)OC. The van der Waals surface area contributed by atoms with Crippen LogP contribution in [0.5, 0.6) is 0 Å². The summed E-state index contributed by atoms with van der Waals surface area (Å²) in [5.41, 5.74) is 0.605. The normalized spacial score (nSPS) is 12.7. The van der Waals surface area contributed by atoms with Crippen LogP contribution in [0.2, 0.25) is 0 Å². The van der Waals surface area contributed by atoms with Gasteiger partial charge in [-0.3, -0.25) is 0 Å². The van der Waals surface area contributed by atoms with E-state index in [2.05, 4.69) is 29.5 Å². The average Bonchev–Trinajstić information content (AvgIpc) is 2.46. The van der Waals surface area contributed by atoms with Crippen molar-refractivity contribution >= 4 is 5.82 Å². The lowest BCUT2D eigenvalue weighted by Crippen LogP contribution is -2.27. The van der Waals surface area contributed by atoms with Gasteiger partial charge in [0.1, 0.15) is 0 Å². The van der Waals surface area contributed by atoms with Gasteiger partial charge in [0.25, 0.3) is 0 Å². The van der Waals surface area contributed by atoms with Crippen molar-refractivity contribution in [1.29, 1.82) is 0 Å². The van der Waals surface area contributed by atoms with Gasteiger partial charge in [0, 0.05) is 39.1 Å². The van der Waals surface area contributed by atoms with Gasteiger partial charge in [-0.1, -0.05) is 13.8 Å². The van der Waals surface area contributed by atoms with E-state index in [4.69, 9.17) is 9.47 Å². The monoisotopic (exact) mass is 299 g/mol. The van der Waals surface area contributed by atoms with E-state index in [1.54, 1.807) is 26.5 Å². The van der Waals surface area contributed by atoms with E-state index in [1.165, 1.54) is 0 Å². The van der Waals surface area contributed by atoms with Gasteiger partial charge in [0.2, 0.25) is 0 Å². The number of aromatic nitrogens is 1. The molecule has 0 fully saturated rings. The van der Waals surface area contributed by atoms with Crippen LogP contribution in [0.1, 0.15) is 19.4 Å². The Kier molecular flexibility index (Phi) is 8.19. The Morgan fingerprint density at radius 2 is 2.05 bits per heavy atom. The molecule has 21 heavy (non-hydrogen) atoms. The van der Waals surface area contributed by atoms with Crippen LogP contribution in [0.25, 0.3) is 0 Å². The summed E-state index contributed by atoms with van der Waals surface area (Å²) < 4.78 is 24.5. The standard InChI is InChI=1S/C15H26FN3O2/c1-11(2)7-17-8-12-5-6-18-15(14(12)16)19-9-13(21-4)10-20-3/h5-6,11,13,17H,7-10H2,1-4H3,(H,18,19). The van der Waals surface area contributed by atoms with Crippen LogP contribution in [0.3, 0.4) is 0 Å². The first-order valence-electron chi connectivity index (χ1n) is 7.18. The Bertz CT molecular complexity index is 416. The molecule has 1 atom stereocenters. The Hall–Kier alpha value is -1.24. The zero-order valence-electron chi connectivity index (χ0n) is 13.3. The molecule has 0 radical (unpaired) electrons. The molecule has 0 amide bonds. The minimum absolute atomic E-state index is 0.140. The van der Waals surface area contributed by atoms with Gasteiger partial charge in [-0.2, -0.15) is 0 Å². The molecule has 0 aliphatic heterocycles. The van der Waals surface area contributed by atoms with Crippen molar-refractivity contribution in [3.63, 3.8) is 0 Å². The summed E-state index contributed by atoms with van der Waals surface area (Å²) in [5, 5.41) is 6.19. The van der Waals surface area contributed by atoms with E-state index in [-0.39, 0.29) is 17.7 Å². The molecule has 0 bridgehead atoms. The molecular formula is C15H26FN3O2. The Morgan fingerprint density at radius 1 is 1.29 bits per heavy atom. The molecule has 0 saturated heterocycles. The summed E-state index contributed by atoms with van der Waals surface area (Å²) in [5.74, 6) is 0.460. The summed E-state index contributed by atoms with van der Waals surface area (Å²) in [6, 6.07) is 1.69. The number of hydrogen-bond acceptors (Lipinski definition) is 5. The third-order valence-corrected chi connectivity index (χ3v) is 3.02. The largest absolute Gasteiger partial charge is 0.382 e. The first-order chi connectivity index (χ1) is 10.1. The molecule has 1 aromatic heterocycles. The number of pyridine rings is 1. The first kappa shape index (κ1) is 17.8. The Morgan fingerprint density at radius 3 is 2.67 bits per heavy atom. The Labute approximate surface area is 126 Å². The van der Waals surface area contributed by atoms with Gasteiger partial charge in [0.05, 0.1) is 12.7 Å². The molecule has 2 N–H and O–H groups in total. The maximum absolute atomic E-state index is 14.3. The van der Waals surface area contributed by atoms with E-state index in [1.807, 2.05) is 0 Å². The number of rotatable bonds is 10. The van der Waals surface area contributed by atoms with Crippen molar-refractivity contribution in [2.45, 2.75) is 26.5 Å². The lowest BCUT2D eigenvalue weighted by Gasteiger charge is -2.16. The summed E-state index contributed by atoms with van der Waals surface area (Å²) in [7, 11) is 3.20. The van der Waals surface area contributed by atoms with E-state index < -0.39 is 0 Å². The molecule has 120 valence electrons. The number of ether oxygens (including phenoxy) is 2. The van der Waals surface area contributed by atoms with Crippen LogP contribution in [0.4, 0.5) is 10.2 Å². The van der Waals surface area contributed by atoms with Crippen molar-refractivity contribution < 1.29 is 13.9 Å². The molecule has 0 aliphatic carbocycles. The van der Waals surface area contributed by atoms with Crippen LogP contribution in [-0.4, -0.2) is 45.0 Å². The second-order valence-corrected chi connectivity index (χ2v) is 5.35. The molecule has 0 spiro atoms. The van der Waals surface area contributed by atoms with E-state index in [0.29, 0.717) is 31.2 Å². The average molecular weight is 299 g/mol. The summed E-state index contributed by atoms with van der Waals surface area (Å²) in [6.45, 7) is 6.46. The summed E-state index contributed by atoms with van der Waals surface area (Å²) in [6.07, 6.45) is 1.47. The molecule has 1 heterocycles. The minimum atomic E-state index is -0.318. The molecule has 1 unspecified atom stereocenters. The molecule has 1 aromatic rings. The van der Waals surface area contributed by atoms with Crippen molar-refractivity contribution in [1.82, 2.24) is 10.3 Å². The Balaban J connectivity index is 2.58. The predicted molar refractivity (Wildman–Crippen MR) is 81.9 cm³/mol. The summed E-state index contributed by atoms with van der Waals surface area (Å²) in [4.78, 5) is 4.04. The number of halogens is 1. The number of nitrogens with one attached hydrogen (secondary N) is 2. The fourth-order valence-electron chi connectivity index (χ4n) is 1.85. The fraction of sp³-hybridized carbons (Fsp3) is 0.667. The molecule has 5 nitrogen and oxygen atoms in total. The summed E-state index contributed by atoms with van der Waals surface area (Å²) >= 11 is 0. The molecule has 0 saturated carbocycles. The maximum atomic E-state index is 14.3. The van der Waals surface area contributed by atoms with Crippen LogP contribution in [0, 0.1) is 11.7 Å². The van der Waals surface area contributed by atoms with E-state index in [0.717, 1.165) is 6.54 Å². The highest BCUT2D eigenvalue weighted by Crippen LogP contribution is 2.15. The second kappa shape index (κ2) is 9.65. The number of anilines is 1. The highest BCUT2D eigenvalue weighted by Gasteiger charge is 2.12. The quantitative estimate of drug-likeness (QED) is 0.692. The topological polar surface area (TPSA) is 55.4 Å². The highest BCUT2D eigenvalue weighted by molar-refractivity contribution is 5.40. The number of hydrogen-bond donors (Lipinski definition) is 2. The molecule has 6 heteroatoms. The van der Waals surface area contributed by atoms with Gasteiger partial charge in [0.15, 0.2) is 11.6 Å². The fourth-order valence-corrected chi connectivity index (χ4v) is 1.85. The number of methoxy groups -OCH3 is 2. The third-order valence-electron chi connectivity index (χ3n) is 3.02. The molecule has 0 aromatic carbocycles. The maximum Gasteiger partial charge on any atom is 0.169 e. The van der Waals surface area contributed by atoms with E-state index in [9.17, 15) is 4.39 Å². The van der Waals surface area contributed by atoms with Crippen LogP contribution < -0.4 is 10.6 Å². The molecule has 0 aliphatic rings. The van der Waals surface area contributed by atoms with Crippen molar-refractivity contribution in [2.24, 2.45) is 5.92 Å². The van der Waals surface area contributed by atoms with Gasteiger partial charge < -0.3 is 20.1 Å². The van der Waals surface area contributed by atoms with Gasteiger partial charge >= 0.3 is 0 Å². The zero-order chi connectivity index (χ0) is 15.7. The minimum Gasteiger partial charge on any atom is -0.382 e. The van der Waals surface area contributed by atoms with Crippen LogP contribution >= 0.6 is 0 Å². The van der Waals surface area contributed by atoms with Crippen molar-refractivity contribution in [2.75, 3.05) is 39.2 Å². The van der Waals surface area contributed by atoms with Gasteiger partial charge in [-0.15, -0.1) is 0 Å². The lowest BCUT2D eigenvalue weighted by atomic mass is 10.2. The molecular weight excluding hydrogens is 273 g/mol. The number of nitrogens with zero attached hydrogens (tertiary/aromatic N) is 1. The van der Waals surface area contributed by atoms with E-state index >= 15 is 0 Å². The van der Waals surface area contributed by atoms with Crippen LogP contribution in [0.15, 0.2) is 12.3 Å². The van der Waals surface area contributed by atoms with Gasteiger partial charge in [-0.05, 0) is 18.5 Å². The molecule has 1 rings (SSSR count). The predicted octanol–water partition coefficient (Wildman–Crippen LogP) is 2.04. The highest BCUT2D eigenvalue weighted by atomic mass is 19.1. The van der Waals surface area contributed by atoms with Crippen molar-refractivity contribution in [3.05, 3.63) is 23.6 Å². The smallest absolute Gasteiger partial charge is 0.169 e. The third kappa shape index (κ3) is 6.37. The van der Waals surface area contributed by atoms with Crippen LogP contribution in [-0.2, 0) is 16.0 Å². The van der Waals surface area contributed by atoms with Crippen molar-refractivity contribution in [3.8, 4) is 0 Å². The second-order valence-electron chi connectivity index (χ2n) is 5.35. The lowest BCUT2D eigenvalue weighted by molar-refractivity contribution is 0.0365. The zero-order valence-corrected chi connectivity index (χ0v) is 13.3. The first-order valence-corrected chi connectivity index (χ1v) is 7.18.